The first-order valence-electron chi connectivity index (χ1n) is 5.27. The summed E-state index contributed by atoms with van der Waals surface area (Å²) in [5, 5.41) is 0. The molecule has 0 aromatic carbocycles. The van der Waals surface area contributed by atoms with E-state index in [1.165, 1.54) is 0 Å². The Bertz CT molecular complexity index is 476. The Morgan fingerprint density at radius 1 is 1.40 bits per heavy atom. The van der Waals surface area contributed by atoms with Gasteiger partial charge in [0.15, 0.2) is 5.82 Å². The lowest BCUT2D eigenvalue weighted by atomic mass is 10.3. The molecule has 1 aliphatic rings. The summed E-state index contributed by atoms with van der Waals surface area (Å²) in [6.45, 7) is 1.93. The maximum Gasteiger partial charge on any atom is 0.152 e. The van der Waals surface area contributed by atoms with Crippen molar-refractivity contribution in [3.05, 3.63) is 30.7 Å². The van der Waals surface area contributed by atoms with E-state index in [4.69, 9.17) is 5.73 Å². The van der Waals surface area contributed by atoms with Gasteiger partial charge < -0.3 is 15.0 Å². The van der Waals surface area contributed by atoms with E-state index in [1.807, 2.05) is 24.7 Å². The molecule has 1 atom stereocenters. The summed E-state index contributed by atoms with van der Waals surface area (Å²) in [5.41, 5.74) is 7.06. The molecule has 1 unspecified atom stereocenters. The van der Waals surface area contributed by atoms with Crippen LogP contribution in [0.5, 0.6) is 0 Å². The highest BCUT2D eigenvalue weighted by molar-refractivity contribution is 5.69. The molecule has 3 rings (SSSR count). The Kier molecular flexibility index (Phi) is 1.89. The first-order chi connectivity index (χ1) is 7.34. The summed E-state index contributed by atoms with van der Waals surface area (Å²) in [5.74, 6) is 1.05. The second kappa shape index (κ2) is 3.24. The quantitative estimate of drug-likeness (QED) is 0.746. The highest BCUT2D eigenvalue weighted by Gasteiger charge is 2.21. The zero-order valence-electron chi connectivity index (χ0n) is 8.50. The lowest BCUT2D eigenvalue weighted by Crippen LogP contribution is -2.27. The molecule has 0 bridgehead atoms. The summed E-state index contributed by atoms with van der Waals surface area (Å²) < 4.78 is 2.09. The summed E-state index contributed by atoms with van der Waals surface area (Å²) in [7, 11) is 0. The van der Waals surface area contributed by atoms with E-state index >= 15 is 0 Å². The van der Waals surface area contributed by atoms with Crippen molar-refractivity contribution in [1.82, 2.24) is 9.38 Å². The lowest BCUT2D eigenvalue weighted by molar-refractivity contribution is 0.751. The van der Waals surface area contributed by atoms with Crippen LogP contribution in [0.4, 0.5) is 5.82 Å². The minimum atomic E-state index is 0.294. The SMILES string of the molecule is NC1CCN(c2nccn3cccc23)C1. The molecule has 4 heteroatoms. The van der Waals surface area contributed by atoms with Gasteiger partial charge in [0.1, 0.15) is 0 Å². The Morgan fingerprint density at radius 3 is 3.13 bits per heavy atom. The first-order valence-corrected chi connectivity index (χ1v) is 5.27. The number of fused-ring (bicyclic) bond motifs is 1. The largest absolute Gasteiger partial charge is 0.353 e. The van der Waals surface area contributed by atoms with E-state index in [0.717, 1.165) is 30.8 Å². The van der Waals surface area contributed by atoms with E-state index in [0.29, 0.717) is 6.04 Å². The maximum absolute atomic E-state index is 5.91. The van der Waals surface area contributed by atoms with Crippen LogP contribution < -0.4 is 10.6 Å². The van der Waals surface area contributed by atoms with Crippen LogP contribution in [0.25, 0.3) is 5.52 Å². The zero-order chi connectivity index (χ0) is 10.3. The average molecular weight is 202 g/mol. The molecule has 0 spiro atoms. The highest BCUT2D eigenvalue weighted by atomic mass is 15.2. The van der Waals surface area contributed by atoms with Crippen molar-refractivity contribution in [2.24, 2.45) is 5.73 Å². The second-order valence-electron chi connectivity index (χ2n) is 4.05. The van der Waals surface area contributed by atoms with Gasteiger partial charge in [-0.1, -0.05) is 0 Å². The molecule has 0 amide bonds. The van der Waals surface area contributed by atoms with Crippen molar-refractivity contribution in [1.29, 1.82) is 0 Å². The van der Waals surface area contributed by atoms with Gasteiger partial charge in [-0.25, -0.2) is 4.98 Å². The molecule has 0 radical (unpaired) electrons. The predicted octanol–water partition coefficient (Wildman–Crippen LogP) is 0.872. The molecule has 2 aromatic heterocycles. The monoisotopic (exact) mass is 202 g/mol. The minimum absolute atomic E-state index is 0.294. The van der Waals surface area contributed by atoms with Gasteiger partial charge in [0, 0.05) is 37.7 Å². The van der Waals surface area contributed by atoms with Crippen LogP contribution in [0.15, 0.2) is 30.7 Å². The van der Waals surface area contributed by atoms with Gasteiger partial charge in [-0.2, -0.15) is 0 Å². The van der Waals surface area contributed by atoms with Crippen LogP contribution in [-0.2, 0) is 0 Å². The van der Waals surface area contributed by atoms with Gasteiger partial charge >= 0.3 is 0 Å². The van der Waals surface area contributed by atoms with Crippen LogP contribution in [0, 0.1) is 0 Å². The number of nitrogens with zero attached hydrogens (tertiary/aromatic N) is 3. The number of rotatable bonds is 1. The molecule has 1 aliphatic heterocycles. The Hall–Kier alpha value is -1.55. The number of anilines is 1. The third kappa shape index (κ3) is 1.37. The summed E-state index contributed by atoms with van der Waals surface area (Å²) >= 11 is 0. The molecule has 2 N–H and O–H groups in total. The van der Waals surface area contributed by atoms with Gasteiger partial charge in [0.2, 0.25) is 0 Å². The third-order valence-electron chi connectivity index (χ3n) is 2.96. The number of nitrogens with two attached hydrogens (primary N) is 1. The van der Waals surface area contributed by atoms with Gasteiger partial charge in [-0.3, -0.25) is 0 Å². The second-order valence-corrected chi connectivity index (χ2v) is 4.05. The van der Waals surface area contributed by atoms with E-state index in [2.05, 4.69) is 20.4 Å². The molecule has 1 fully saturated rings. The standard InChI is InChI=1S/C11H14N4/c12-9-3-6-15(8-9)11-10-2-1-5-14(10)7-4-13-11/h1-2,4-5,7,9H,3,6,8,12H2. The lowest BCUT2D eigenvalue weighted by Gasteiger charge is -2.17. The first kappa shape index (κ1) is 8.73. The molecule has 2 aromatic rings. The molecule has 1 saturated heterocycles. The van der Waals surface area contributed by atoms with Gasteiger partial charge in [0.25, 0.3) is 0 Å². The molecule has 78 valence electrons. The summed E-state index contributed by atoms with van der Waals surface area (Å²) in [4.78, 5) is 6.71. The molecule has 0 saturated carbocycles. The van der Waals surface area contributed by atoms with Crippen LogP contribution in [0.2, 0.25) is 0 Å². The van der Waals surface area contributed by atoms with Gasteiger partial charge in [0.05, 0.1) is 5.52 Å². The minimum Gasteiger partial charge on any atom is -0.353 e. The van der Waals surface area contributed by atoms with Crippen molar-refractivity contribution < 1.29 is 0 Å². The molecule has 0 aliphatic carbocycles. The van der Waals surface area contributed by atoms with Crippen LogP contribution in [0.1, 0.15) is 6.42 Å². The third-order valence-corrected chi connectivity index (χ3v) is 2.96. The Balaban J connectivity index is 2.06. The van der Waals surface area contributed by atoms with Crippen molar-refractivity contribution in [2.45, 2.75) is 12.5 Å². The smallest absolute Gasteiger partial charge is 0.152 e. The normalized spacial score (nSPS) is 21.4. The van der Waals surface area contributed by atoms with Crippen LogP contribution >= 0.6 is 0 Å². The van der Waals surface area contributed by atoms with Crippen molar-refractivity contribution in [2.75, 3.05) is 18.0 Å². The topological polar surface area (TPSA) is 46.6 Å². The van der Waals surface area contributed by atoms with Crippen molar-refractivity contribution in [3.63, 3.8) is 0 Å². The Labute approximate surface area is 88.3 Å². The van der Waals surface area contributed by atoms with Gasteiger partial charge in [-0.05, 0) is 18.6 Å². The van der Waals surface area contributed by atoms with E-state index in [1.54, 1.807) is 0 Å². The molecular formula is C11H14N4. The molecule has 4 nitrogen and oxygen atoms in total. The van der Waals surface area contributed by atoms with Crippen LogP contribution in [0.3, 0.4) is 0 Å². The van der Waals surface area contributed by atoms with E-state index in [-0.39, 0.29) is 0 Å². The van der Waals surface area contributed by atoms with E-state index in [9.17, 15) is 0 Å². The number of hydrogen-bond donors (Lipinski definition) is 1. The fourth-order valence-electron chi connectivity index (χ4n) is 2.18. The number of aromatic nitrogens is 2. The maximum atomic E-state index is 5.91. The fourth-order valence-corrected chi connectivity index (χ4v) is 2.18. The van der Waals surface area contributed by atoms with Gasteiger partial charge in [-0.15, -0.1) is 0 Å². The summed E-state index contributed by atoms with van der Waals surface area (Å²) in [6, 6.07) is 4.42. The zero-order valence-corrected chi connectivity index (χ0v) is 8.50. The summed E-state index contributed by atoms with van der Waals surface area (Å²) in [6.07, 6.45) is 6.90. The number of hydrogen-bond acceptors (Lipinski definition) is 3. The highest BCUT2D eigenvalue weighted by Crippen LogP contribution is 2.22. The molecular weight excluding hydrogens is 188 g/mol. The van der Waals surface area contributed by atoms with Crippen molar-refractivity contribution in [3.8, 4) is 0 Å². The molecule has 3 heterocycles. The predicted molar refractivity (Wildman–Crippen MR) is 60.0 cm³/mol. The van der Waals surface area contributed by atoms with Crippen molar-refractivity contribution >= 4 is 11.3 Å². The van der Waals surface area contributed by atoms with E-state index < -0.39 is 0 Å². The molecule has 15 heavy (non-hydrogen) atoms. The average Bonchev–Trinajstić information content (AvgIpc) is 2.84. The Morgan fingerprint density at radius 2 is 2.33 bits per heavy atom. The fraction of sp³-hybridized carbons (Fsp3) is 0.364. The van der Waals surface area contributed by atoms with Crippen LogP contribution in [-0.4, -0.2) is 28.5 Å².